The summed E-state index contributed by atoms with van der Waals surface area (Å²) in [7, 11) is 0. The third-order valence-corrected chi connectivity index (χ3v) is 2.35. The number of halogens is 1. The fourth-order valence-electron chi connectivity index (χ4n) is 1.42. The standard InChI is InChI=1S/C13H11FN2O2/c14-9-3-1-2-4-11(9)18-12-7-8(13(16)17)5-6-10(12)15/h1-7H,15H2,(H2,16,17). The van der Waals surface area contributed by atoms with Crippen LogP contribution in [-0.4, -0.2) is 5.91 Å². The minimum Gasteiger partial charge on any atom is -0.452 e. The van der Waals surface area contributed by atoms with Crippen LogP contribution >= 0.6 is 0 Å². The molecule has 0 atom stereocenters. The highest BCUT2D eigenvalue weighted by Gasteiger charge is 2.09. The van der Waals surface area contributed by atoms with Gasteiger partial charge in [0, 0.05) is 5.56 Å². The Kier molecular flexibility index (Phi) is 3.14. The molecule has 4 nitrogen and oxygen atoms in total. The highest BCUT2D eigenvalue weighted by Crippen LogP contribution is 2.29. The van der Waals surface area contributed by atoms with Crippen molar-refractivity contribution in [2.24, 2.45) is 5.73 Å². The third-order valence-electron chi connectivity index (χ3n) is 2.35. The molecule has 0 bridgehead atoms. The summed E-state index contributed by atoms with van der Waals surface area (Å²) >= 11 is 0. The number of hydrogen-bond acceptors (Lipinski definition) is 3. The van der Waals surface area contributed by atoms with Crippen molar-refractivity contribution in [3.8, 4) is 11.5 Å². The minimum absolute atomic E-state index is 0.0332. The van der Waals surface area contributed by atoms with E-state index in [9.17, 15) is 9.18 Å². The summed E-state index contributed by atoms with van der Waals surface area (Å²) in [5, 5.41) is 0. The maximum atomic E-state index is 13.4. The minimum atomic E-state index is -0.603. The lowest BCUT2D eigenvalue weighted by atomic mass is 10.2. The fourth-order valence-corrected chi connectivity index (χ4v) is 1.42. The number of nitrogens with two attached hydrogens (primary N) is 2. The first kappa shape index (κ1) is 11.9. The zero-order valence-electron chi connectivity index (χ0n) is 9.39. The summed E-state index contributed by atoms with van der Waals surface area (Å²) in [5.74, 6) is -0.892. The highest BCUT2D eigenvalue weighted by atomic mass is 19.1. The van der Waals surface area contributed by atoms with E-state index in [1.165, 1.54) is 30.3 Å². The van der Waals surface area contributed by atoms with Gasteiger partial charge < -0.3 is 16.2 Å². The molecule has 0 spiro atoms. The van der Waals surface area contributed by atoms with Crippen molar-refractivity contribution in [3.05, 3.63) is 53.8 Å². The average Bonchev–Trinajstić information content (AvgIpc) is 2.34. The molecule has 0 saturated carbocycles. The van der Waals surface area contributed by atoms with Gasteiger partial charge >= 0.3 is 0 Å². The molecule has 2 aromatic carbocycles. The Hall–Kier alpha value is -2.56. The van der Waals surface area contributed by atoms with Gasteiger partial charge in [0.25, 0.3) is 0 Å². The Balaban J connectivity index is 2.37. The van der Waals surface area contributed by atoms with Gasteiger partial charge in [0.05, 0.1) is 5.69 Å². The van der Waals surface area contributed by atoms with E-state index in [4.69, 9.17) is 16.2 Å². The molecule has 92 valence electrons. The van der Waals surface area contributed by atoms with Crippen LogP contribution in [0.15, 0.2) is 42.5 Å². The molecule has 0 aliphatic heterocycles. The Bertz CT molecular complexity index is 599. The molecule has 0 radical (unpaired) electrons. The largest absolute Gasteiger partial charge is 0.452 e. The summed E-state index contributed by atoms with van der Waals surface area (Å²) < 4.78 is 18.7. The molecule has 0 unspecified atom stereocenters. The van der Waals surface area contributed by atoms with Gasteiger partial charge in [0.15, 0.2) is 17.3 Å². The van der Waals surface area contributed by atoms with Crippen LogP contribution in [0.25, 0.3) is 0 Å². The van der Waals surface area contributed by atoms with Gasteiger partial charge in [-0.15, -0.1) is 0 Å². The van der Waals surface area contributed by atoms with Gasteiger partial charge in [-0.2, -0.15) is 0 Å². The number of primary amides is 1. The number of carbonyl (C=O) groups is 1. The van der Waals surface area contributed by atoms with Crippen molar-refractivity contribution in [2.75, 3.05) is 5.73 Å². The first-order chi connectivity index (χ1) is 8.58. The monoisotopic (exact) mass is 246 g/mol. The van der Waals surface area contributed by atoms with E-state index in [1.54, 1.807) is 12.1 Å². The van der Waals surface area contributed by atoms with Gasteiger partial charge in [-0.05, 0) is 30.3 Å². The Morgan fingerprint density at radius 1 is 1.11 bits per heavy atom. The second-order valence-electron chi connectivity index (χ2n) is 3.65. The van der Waals surface area contributed by atoms with E-state index in [0.29, 0.717) is 5.69 Å². The molecule has 0 heterocycles. The van der Waals surface area contributed by atoms with Crippen LogP contribution in [0.3, 0.4) is 0 Å². The first-order valence-electron chi connectivity index (χ1n) is 5.19. The SMILES string of the molecule is NC(=O)c1ccc(N)c(Oc2ccccc2F)c1. The van der Waals surface area contributed by atoms with Crippen LogP contribution in [0.5, 0.6) is 11.5 Å². The van der Waals surface area contributed by atoms with Crippen LogP contribution in [0.2, 0.25) is 0 Å². The van der Waals surface area contributed by atoms with Gasteiger partial charge in [0.2, 0.25) is 5.91 Å². The van der Waals surface area contributed by atoms with Gasteiger partial charge in [-0.1, -0.05) is 12.1 Å². The number of para-hydroxylation sites is 1. The summed E-state index contributed by atoms with van der Waals surface area (Å²) in [6.07, 6.45) is 0. The van der Waals surface area contributed by atoms with Gasteiger partial charge in [-0.3, -0.25) is 4.79 Å². The number of nitrogen functional groups attached to an aromatic ring is 1. The van der Waals surface area contributed by atoms with Crippen LogP contribution in [-0.2, 0) is 0 Å². The van der Waals surface area contributed by atoms with Crippen molar-refractivity contribution in [3.63, 3.8) is 0 Å². The molecular weight excluding hydrogens is 235 g/mol. The van der Waals surface area contributed by atoms with E-state index in [2.05, 4.69) is 0 Å². The number of benzene rings is 2. The maximum Gasteiger partial charge on any atom is 0.248 e. The molecule has 1 amide bonds. The lowest BCUT2D eigenvalue weighted by Crippen LogP contribution is -2.11. The van der Waals surface area contributed by atoms with E-state index < -0.39 is 11.7 Å². The molecule has 4 N–H and O–H groups in total. The van der Waals surface area contributed by atoms with E-state index in [-0.39, 0.29) is 17.1 Å². The lowest BCUT2D eigenvalue weighted by molar-refractivity contribution is 0.1000. The van der Waals surface area contributed by atoms with E-state index in [0.717, 1.165) is 0 Å². The lowest BCUT2D eigenvalue weighted by Gasteiger charge is -2.09. The first-order valence-corrected chi connectivity index (χ1v) is 5.19. The predicted molar refractivity (Wildman–Crippen MR) is 65.8 cm³/mol. The smallest absolute Gasteiger partial charge is 0.248 e. The summed E-state index contributed by atoms with van der Waals surface area (Å²) in [6, 6.07) is 10.2. The molecule has 0 aromatic heterocycles. The number of ether oxygens (including phenoxy) is 1. The van der Waals surface area contributed by atoms with Crippen molar-refractivity contribution in [2.45, 2.75) is 0 Å². The number of hydrogen-bond donors (Lipinski definition) is 2. The summed E-state index contributed by atoms with van der Waals surface area (Å²) in [4.78, 5) is 11.0. The molecule has 0 aliphatic carbocycles. The van der Waals surface area contributed by atoms with Crippen LogP contribution in [0, 0.1) is 5.82 Å². The van der Waals surface area contributed by atoms with Crippen molar-refractivity contribution in [1.29, 1.82) is 0 Å². The van der Waals surface area contributed by atoms with Crippen LogP contribution in [0.4, 0.5) is 10.1 Å². The van der Waals surface area contributed by atoms with Crippen LogP contribution in [0.1, 0.15) is 10.4 Å². The Labute approximate surface area is 103 Å². The Morgan fingerprint density at radius 3 is 2.50 bits per heavy atom. The quantitative estimate of drug-likeness (QED) is 0.815. The Morgan fingerprint density at radius 2 is 1.83 bits per heavy atom. The predicted octanol–water partition coefficient (Wildman–Crippen LogP) is 2.30. The molecule has 0 aliphatic rings. The van der Waals surface area contributed by atoms with E-state index >= 15 is 0 Å². The average molecular weight is 246 g/mol. The third kappa shape index (κ3) is 2.40. The summed E-state index contributed by atoms with van der Waals surface area (Å²) in [5.41, 5.74) is 11.4. The van der Waals surface area contributed by atoms with Crippen molar-refractivity contribution >= 4 is 11.6 Å². The fraction of sp³-hybridized carbons (Fsp3) is 0. The number of rotatable bonds is 3. The van der Waals surface area contributed by atoms with E-state index in [1.807, 2.05) is 0 Å². The summed E-state index contributed by atoms with van der Waals surface area (Å²) in [6.45, 7) is 0. The van der Waals surface area contributed by atoms with Gasteiger partial charge in [0.1, 0.15) is 0 Å². The maximum absolute atomic E-state index is 13.4. The second-order valence-corrected chi connectivity index (χ2v) is 3.65. The highest BCUT2D eigenvalue weighted by molar-refractivity contribution is 5.93. The van der Waals surface area contributed by atoms with Crippen molar-refractivity contribution in [1.82, 2.24) is 0 Å². The normalized spacial score (nSPS) is 10.1. The topological polar surface area (TPSA) is 78.3 Å². The molecule has 0 saturated heterocycles. The van der Waals surface area contributed by atoms with Crippen LogP contribution < -0.4 is 16.2 Å². The zero-order valence-corrected chi connectivity index (χ0v) is 9.39. The van der Waals surface area contributed by atoms with Gasteiger partial charge in [-0.25, -0.2) is 4.39 Å². The number of amides is 1. The zero-order chi connectivity index (χ0) is 13.1. The number of anilines is 1. The molecule has 0 fully saturated rings. The van der Waals surface area contributed by atoms with Crippen molar-refractivity contribution < 1.29 is 13.9 Å². The molecule has 2 aromatic rings. The number of carbonyl (C=O) groups excluding carboxylic acids is 1. The molecular formula is C13H11FN2O2. The molecule has 2 rings (SSSR count). The second kappa shape index (κ2) is 4.75. The molecule has 18 heavy (non-hydrogen) atoms. The molecule has 5 heteroatoms.